The Morgan fingerprint density at radius 1 is 0.828 bits per heavy atom. The van der Waals surface area contributed by atoms with E-state index in [4.69, 9.17) is 0 Å². The van der Waals surface area contributed by atoms with E-state index in [9.17, 15) is 0 Å². The van der Waals surface area contributed by atoms with Crippen LogP contribution in [-0.2, 0) is 7.05 Å². The molecule has 29 heavy (non-hydrogen) atoms. The van der Waals surface area contributed by atoms with Crippen LogP contribution in [0.2, 0.25) is 0 Å². The van der Waals surface area contributed by atoms with Gasteiger partial charge in [-0.25, -0.2) is 0 Å². The van der Waals surface area contributed by atoms with Crippen LogP contribution in [0.1, 0.15) is 11.1 Å². The number of anilines is 4. The summed E-state index contributed by atoms with van der Waals surface area (Å²) < 4.78 is 1.82. The third-order valence-electron chi connectivity index (χ3n) is 4.02. The highest BCUT2D eigenvalue weighted by atomic mass is 32.2. The molecule has 2 aromatic heterocycles. The van der Waals surface area contributed by atoms with E-state index in [1.165, 1.54) is 11.8 Å². The van der Waals surface area contributed by atoms with Crippen molar-refractivity contribution in [1.29, 1.82) is 0 Å². The van der Waals surface area contributed by atoms with Crippen LogP contribution in [-0.4, -0.2) is 29.7 Å². The van der Waals surface area contributed by atoms with E-state index < -0.39 is 0 Å². The predicted molar refractivity (Wildman–Crippen MR) is 114 cm³/mol. The number of hydrogen-bond donors (Lipinski definition) is 2. The SMILES string of the molecule is Cc1cccc(Nc2nc(Nc3cccc(C)c3)nc(Sc3nncn3C)n2)c1. The first-order valence-corrected chi connectivity index (χ1v) is 9.82. The lowest BCUT2D eigenvalue weighted by Crippen LogP contribution is -2.05. The monoisotopic (exact) mass is 404 g/mol. The topological polar surface area (TPSA) is 93.4 Å². The Labute approximate surface area is 172 Å². The molecular formula is C20H20N8S. The van der Waals surface area contributed by atoms with Crippen LogP contribution in [0.15, 0.2) is 65.2 Å². The van der Waals surface area contributed by atoms with Crippen molar-refractivity contribution >= 4 is 35.0 Å². The molecule has 0 atom stereocenters. The lowest BCUT2D eigenvalue weighted by molar-refractivity contribution is 0.783. The van der Waals surface area contributed by atoms with Gasteiger partial charge < -0.3 is 15.2 Å². The van der Waals surface area contributed by atoms with Gasteiger partial charge in [-0.05, 0) is 61.0 Å². The van der Waals surface area contributed by atoms with Gasteiger partial charge >= 0.3 is 0 Å². The lowest BCUT2D eigenvalue weighted by atomic mass is 10.2. The zero-order valence-electron chi connectivity index (χ0n) is 16.3. The summed E-state index contributed by atoms with van der Waals surface area (Å²) in [6, 6.07) is 16.1. The molecule has 9 heteroatoms. The molecule has 0 fully saturated rings. The molecule has 4 rings (SSSR count). The van der Waals surface area contributed by atoms with Gasteiger partial charge in [0.25, 0.3) is 0 Å². The molecule has 0 radical (unpaired) electrons. The molecule has 0 aliphatic carbocycles. The van der Waals surface area contributed by atoms with E-state index in [1.807, 2.05) is 74.0 Å². The van der Waals surface area contributed by atoms with Crippen LogP contribution >= 0.6 is 11.8 Å². The number of hydrogen-bond acceptors (Lipinski definition) is 8. The molecule has 2 N–H and O–H groups in total. The van der Waals surface area contributed by atoms with Gasteiger partial charge in [-0.2, -0.15) is 15.0 Å². The highest BCUT2D eigenvalue weighted by Gasteiger charge is 2.12. The van der Waals surface area contributed by atoms with Gasteiger partial charge in [0.05, 0.1) is 0 Å². The molecule has 0 saturated heterocycles. The van der Waals surface area contributed by atoms with E-state index >= 15 is 0 Å². The van der Waals surface area contributed by atoms with Crippen LogP contribution in [0, 0.1) is 13.8 Å². The molecule has 0 amide bonds. The Morgan fingerprint density at radius 2 is 1.41 bits per heavy atom. The van der Waals surface area contributed by atoms with Gasteiger partial charge in [0.2, 0.25) is 17.1 Å². The first-order chi connectivity index (χ1) is 14.0. The van der Waals surface area contributed by atoms with Crippen molar-refractivity contribution < 1.29 is 0 Å². The number of aromatic nitrogens is 6. The Balaban J connectivity index is 1.67. The second kappa shape index (κ2) is 8.27. The summed E-state index contributed by atoms with van der Waals surface area (Å²) in [7, 11) is 1.88. The van der Waals surface area contributed by atoms with Crippen molar-refractivity contribution in [2.75, 3.05) is 10.6 Å². The summed E-state index contributed by atoms with van der Waals surface area (Å²) in [4.78, 5) is 13.6. The number of nitrogens with zero attached hydrogens (tertiary/aromatic N) is 6. The van der Waals surface area contributed by atoms with Gasteiger partial charge in [-0.1, -0.05) is 24.3 Å². The normalized spacial score (nSPS) is 10.7. The Morgan fingerprint density at radius 3 is 1.90 bits per heavy atom. The molecule has 2 aromatic carbocycles. The van der Waals surface area contributed by atoms with Gasteiger partial charge in [0.15, 0.2) is 5.16 Å². The second-order valence-electron chi connectivity index (χ2n) is 6.58. The van der Waals surface area contributed by atoms with E-state index in [0.29, 0.717) is 22.2 Å². The number of nitrogens with one attached hydrogen (secondary N) is 2. The van der Waals surface area contributed by atoms with Crippen molar-refractivity contribution in [3.8, 4) is 0 Å². The van der Waals surface area contributed by atoms with Crippen LogP contribution in [0.3, 0.4) is 0 Å². The molecule has 0 saturated carbocycles. The zero-order chi connectivity index (χ0) is 20.2. The Bertz CT molecular complexity index is 1080. The highest BCUT2D eigenvalue weighted by Crippen LogP contribution is 2.26. The smallest absolute Gasteiger partial charge is 0.233 e. The maximum Gasteiger partial charge on any atom is 0.233 e. The molecule has 4 aromatic rings. The first-order valence-electron chi connectivity index (χ1n) is 9.00. The second-order valence-corrected chi connectivity index (χ2v) is 7.52. The molecule has 0 aliphatic rings. The summed E-state index contributed by atoms with van der Waals surface area (Å²) in [5, 5.41) is 15.7. The van der Waals surface area contributed by atoms with Gasteiger partial charge in [-0.15, -0.1) is 10.2 Å². The summed E-state index contributed by atoms with van der Waals surface area (Å²) in [6.45, 7) is 4.08. The van der Waals surface area contributed by atoms with Crippen LogP contribution in [0.5, 0.6) is 0 Å². The Kier molecular flexibility index (Phi) is 5.39. The molecule has 0 spiro atoms. The third kappa shape index (κ3) is 4.88. The summed E-state index contributed by atoms with van der Waals surface area (Å²) in [5.41, 5.74) is 4.12. The van der Waals surface area contributed by atoms with Crippen molar-refractivity contribution in [3.63, 3.8) is 0 Å². The predicted octanol–water partition coefficient (Wildman–Crippen LogP) is 4.26. The van der Waals surface area contributed by atoms with Crippen LogP contribution < -0.4 is 10.6 Å². The zero-order valence-corrected chi connectivity index (χ0v) is 17.1. The first kappa shape index (κ1) is 18.9. The fourth-order valence-electron chi connectivity index (χ4n) is 2.66. The average molecular weight is 405 g/mol. The molecule has 0 unspecified atom stereocenters. The molecule has 2 heterocycles. The van der Waals surface area contributed by atoms with Crippen molar-refractivity contribution in [1.82, 2.24) is 29.7 Å². The lowest BCUT2D eigenvalue weighted by Gasteiger charge is -2.10. The molecule has 146 valence electrons. The maximum atomic E-state index is 4.54. The van der Waals surface area contributed by atoms with Gasteiger partial charge in [0.1, 0.15) is 6.33 Å². The average Bonchev–Trinajstić information content (AvgIpc) is 3.06. The minimum Gasteiger partial charge on any atom is -0.324 e. The number of benzene rings is 2. The summed E-state index contributed by atoms with van der Waals surface area (Å²) >= 11 is 1.32. The largest absolute Gasteiger partial charge is 0.324 e. The minimum absolute atomic E-state index is 0.449. The summed E-state index contributed by atoms with van der Waals surface area (Å²) in [5.74, 6) is 0.899. The fraction of sp³-hybridized carbons (Fsp3) is 0.150. The Hall–Kier alpha value is -3.46. The standard InChI is InChI=1S/C20H20N8S/c1-13-6-4-8-15(10-13)22-17-24-18(23-16-9-5-7-14(2)11-16)26-19(25-17)29-20-27-21-12-28(20)3/h4-12H,1-3H3,(H2,22,23,24,25,26). The molecule has 0 aliphatic heterocycles. The molecule has 8 nitrogen and oxygen atoms in total. The number of aryl methyl sites for hydroxylation is 3. The van der Waals surface area contributed by atoms with E-state index in [0.717, 1.165) is 22.5 Å². The van der Waals surface area contributed by atoms with Crippen LogP contribution in [0.4, 0.5) is 23.3 Å². The van der Waals surface area contributed by atoms with Crippen LogP contribution in [0.25, 0.3) is 0 Å². The molecule has 0 bridgehead atoms. The van der Waals surface area contributed by atoms with Gasteiger partial charge in [-0.3, -0.25) is 0 Å². The minimum atomic E-state index is 0.449. The quantitative estimate of drug-likeness (QED) is 0.492. The third-order valence-corrected chi connectivity index (χ3v) is 4.93. The van der Waals surface area contributed by atoms with Crippen molar-refractivity contribution in [2.45, 2.75) is 24.2 Å². The van der Waals surface area contributed by atoms with E-state index in [1.54, 1.807) is 6.33 Å². The van der Waals surface area contributed by atoms with Crippen molar-refractivity contribution in [3.05, 3.63) is 66.0 Å². The molecular weight excluding hydrogens is 384 g/mol. The van der Waals surface area contributed by atoms with Gasteiger partial charge in [0, 0.05) is 18.4 Å². The van der Waals surface area contributed by atoms with E-state index in [-0.39, 0.29) is 0 Å². The number of rotatable bonds is 6. The fourth-order valence-corrected chi connectivity index (χ4v) is 3.37. The highest BCUT2D eigenvalue weighted by molar-refractivity contribution is 7.99. The van der Waals surface area contributed by atoms with Crippen molar-refractivity contribution in [2.24, 2.45) is 7.05 Å². The summed E-state index contributed by atoms with van der Waals surface area (Å²) in [6.07, 6.45) is 1.64. The van der Waals surface area contributed by atoms with E-state index in [2.05, 4.69) is 35.8 Å². The maximum absolute atomic E-state index is 4.54.